The molecule has 5 nitrogen and oxygen atoms in total. The van der Waals surface area contributed by atoms with E-state index in [1.54, 1.807) is 24.3 Å². The van der Waals surface area contributed by atoms with Crippen molar-refractivity contribution < 1.29 is 10.2 Å². The van der Waals surface area contributed by atoms with Crippen LogP contribution < -0.4 is 16.4 Å². The van der Waals surface area contributed by atoms with E-state index < -0.39 is 6.10 Å². The van der Waals surface area contributed by atoms with Crippen LogP contribution >= 0.6 is 12.2 Å². The highest BCUT2D eigenvalue weighted by atomic mass is 32.1. The summed E-state index contributed by atoms with van der Waals surface area (Å²) in [4.78, 5) is 0. The lowest BCUT2D eigenvalue weighted by Crippen LogP contribution is -2.28. The summed E-state index contributed by atoms with van der Waals surface area (Å²) in [6.07, 6.45) is -0.549. The van der Waals surface area contributed by atoms with E-state index in [9.17, 15) is 5.11 Å². The van der Waals surface area contributed by atoms with Crippen molar-refractivity contribution in [1.82, 2.24) is 10.6 Å². The Kier molecular flexibility index (Phi) is 9.78. The topological polar surface area (TPSA) is 90.5 Å². The maximum atomic E-state index is 9.60. The number of hydrogen-bond acceptors (Lipinski definition) is 4. The van der Waals surface area contributed by atoms with Gasteiger partial charge in [-0.15, -0.1) is 0 Å². The molecule has 1 unspecified atom stereocenters. The number of phenolic OH excluding ortho intramolecular Hbond substituents is 1. The highest BCUT2D eigenvalue weighted by Crippen LogP contribution is 2.17. The van der Waals surface area contributed by atoms with Gasteiger partial charge in [0.25, 0.3) is 0 Å². The van der Waals surface area contributed by atoms with Gasteiger partial charge in [0.15, 0.2) is 5.11 Å². The normalized spacial score (nSPS) is 11.1. The van der Waals surface area contributed by atoms with Crippen molar-refractivity contribution in [3.8, 4) is 5.75 Å². The lowest BCUT2D eigenvalue weighted by atomic mass is 10.1. The van der Waals surface area contributed by atoms with Crippen LogP contribution in [0.1, 0.15) is 25.5 Å². The Hall–Kier alpha value is -1.37. The molecule has 108 valence electrons. The summed E-state index contributed by atoms with van der Waals surface area (Å²) < 4.78 is 0. The van der Waals surface area contributed by atoms with Crippen LogP contribution in [0, 0.1) is 0 Å². The molecule has 0 heterocycles. The Labute approximate surface area is 119 Å². The van der Waals surface area contributed by atoms with Gasteiger partial charge in [0.2, 0.25) is 0 Å². The summed E-state index contributed by atoms with van der Waals surface area (Å²) in [6, 6.07) is 6.67. The maximum Gasteiger partial charge on any atom is 0.163 e. The van der Waals surface area contributed by atoms with Crippen LogP contribution in [0.4, 0.5) is 0 Å². The van der Waals surface area contributed by atoms with Crippen molar-refractivity contribution >= 4 is 17.3 Å². The molecule has 6 heteroatoms. The molecule has 1 aromatic rings. The molecule has 0 saturated carbocycles. The van der Waals surface area contributed by atoms with Gasteiger partial charge < -0.3 is 26.6 Å². The van der Waals surface area contributed by atoms with Crippen LogP contribution in [-0.2, 0) is 0 Å². The summed E-state index contributed by atoms with van der Waals surface area (Å²) in [5.41, 5.74) is 5.76. The number of aliphatic hydroxyl groups is 1. The second kappa shape index (κ2) is 10.5. The van der Waals surface area contributed by atoms with Gasteiger partial charge in [0, 0.05) is 13.1 Å². The lowest BCUT2D eigenvalue weighted by molar-refractivity contribution is 0.175. The molecular formula is C13H23N3O2S. The minimum absolute atomic E-state index is 0.188. The summed E-state index contributed by atoms with van der Waals surface area (Å²) in [5.74, 6) is 0.188. The number of thiocarbonyl (C=S) groups is 1. The van der Waals surface area contributed by atoms with Crippen molar-refractivity contribution in [2.75, 3.05) is 19.6 Å². The van der Waals surface area contributed by atoms with E-state index in [0.29, 0.717) is 11.7 Å². The predicted molar refractivity (Wildman–Crippen MR) is 82.1 cm³/mol. The highest BCUT2D eigenvalue weighted by molar-refractivity contribution is 7.80. The number of nitrogens with one attached hydrogen (secondary N) is 2. The van der Waals surface area contributed by atoms with Crippen molar-refractivity contribution in [2.24, 2.45) is 5.73 Å². The Morgan fingerprint density at radius 1 is 1.37 bits per heavy atom. The van der Waals surface area contributed by atoms with Gasteiger partial charge in [0.05, 0.1) is 6.10 Å². The number of aliphatic hydroxyl groups excluding tert-OH is 1. The third-order valence-corrected chi connectivity index (χ3v) is 2.34. The van der Waals surface area contributed by atoms with Crippen LogP contribution in [0.15, 0.2) is 24.3 Å². The zero-order chi connectivity index (χ0) is 14.7. The Morgan fingerprint density at radius 3 is 2.47 bits per heavy atom. The van der Waals surface area contributed by atoms with E-state index in [1.165, 1.54) is 0 Å². The van der Waals surface area contributed by atoms with Crippen LogP contribution in [0.25, 0.3) is 0 Å². The number of aromatic hydroxyl groups is 1. The summed E-state index contributed by atoms with van der Waals surface area (Å²) in [7, 11) is 0. The molecule has 0 fully saturated rings. The van der Waals surface area contributed by atoms with Crippen LogP contribution in [0.2, 0.25) is 0 Å². The molecule has 1 aromatic carbocycles. The predicted octanol–water partition coefficient (Wildman–Crippen LogP) is 0.875. The molecule has 0 bridgehead atoms. The van der Waals surface area contributed by atoms with Crippen molar-refractivity contribution in [3.63, 3.8) is 0 Å². The van der Waals surface area contributed by atoms with Gasteiger partial charge in [-0.1, -0.05) is 19.1 Å². The summed E-state index contributed by atoms with van der Waals surface area (Å²) in [6.45, 7) is 6.08. The van der Waals surface area contributed by atoms with Crippen LogP contribution in [-0.4, -0.2) is 35.0 Å². The van der Waals surface area contributed by atoms with E-state index in [0.717, 1.165) is 18.7 Å². The number of nitrogens with two attached hydrogens (primary N) is 1. The molecule has 0 aliphatic rings. The molecule has 0 aliphatic heterocycles. The van der Waals surface area contributed by atoms with Crippen molar-refractivity contribution in [1.29, 1.82) is 0 Å². The monoisotopic (exact) mass is 285 g/mol. The van der Waals surface area contributed by atoms with E-state index in [-0.39, 0.29) is 5.75 Å². The SMILES string of the molecule is CCNC(N)=S.CCNCC(O)c1cccc(O)c1. The van der Waals surface area contributed by atoms with Gasteiger partial charge in [-0.3, -0.25) is 0 Å². The Bertz CT molecular complexity index is 375. The second-order valence-corrected chi connectivity index (χ2v) is 4.25. The minimum Gasteiger partial charge on any atom is -0.508 e. The van der Waals surface area contributed by atoms with Crippen molar-refractivity contribution in [3.05, 3.63) is 29.8 Å². The molecule has 0 spiro atoms. The van der Waals surface area contributed by atoms with E-state index in [4.69, 9.17) is 10.8 Å². The molecule has 1 atom stereocenters. The highest BCUT2D eigenvalue weighted by Gasteiger charge is 2.06. The van der Waals surface area contributed by atoms with Gasteiger partial charge in [-0.25, -0.2) is 0 Å². The standard InChI is InChI=1S/C10H15NO2.C3H8N2S/c1-2-11-7-10(13)8-4-3-5-9(12)6-8;1-2-5-3(4)6/h3-6,10-13H,2,7H2,1H3;2H2,1H3,(H3,4,5,6). The third kappa shape index (κ3) is 9.24. The zero-order valence-electron chi connectivity index (χ0n) is 11.4. The number of phenols is 1. The molecule has 1 rings (SSSR count). The molecule has 19 heavy (non-hydrogen) atoms. The van der Waals surface area contributed by atoms with Gasteiger partial charge in [-0.05, 0) is 43.4 Å². The minimum atomic E-state index is -0.549. The first-order chi connectivity index (χ1) is 9.01. The fourth-order valence-corrected chi connectivity index (χ4v) is 1.45. The van der Waals surface area contributed by atoms with E-state index in [1.807, 2.05) is 13.8 Å². The van der Waals surface area contributed by atoms with Gasteiger partial charge >= 0.3 is 0 Å². The lowest BCUT2D eigenvalue weighted by Gasteiger charge is -2.11. The molecule has 0 saturated heterocycles. The largest absolute Gasteiger partial charge is 0.508 e. The first-order valence-corrected chi connectivity index (χ1v) is 6.63. The van der Waals surface area contributed by atoms with Crippen LogP contribution in [0.3, 0.4) is 0 Å². The Morgan fingerprint density at radius 2 is 2.05 bits per heavy atom. The fourth-order valence-electron chi connectivity index (χ4n) is 1.31. The first kappa shape index (κ1) is 17.6. The quantitative estimate of drug-likeness (QED) is 0.516. The molecule has 0 amide bonds. The molecule has 6 N–H and O–H groups in total. The van der Waals surface area contributed by atoms with E-state index >= 15 is 0 Å². The van der Waals surface area contributed by atoms with Crippen LogP contribution in [0.5, 0.6) is 5.75 Å². The number of rotatable bonds is 5. The number of hydrogen-bond donors (Lipinski definition) is 5. The third-order valence-electron chi connectivity index (χ3n) is 2.19. The molecule has 0 radical (unpaired) electrons. The molecular weight excluding hydrogens is 262 g/mol. The zero-order valence-corrected chi connectivity index (χ0v) is 12.2. The second-order valence-electron chi connectivity index (χ2n) is 3.81. The maximum absolute atomic E-state index is 9.60. The van der Waals surface area contributed by atoms with E-state index in [2.05, 4.69) is 22.9 Å². The van der Waals surface area contributed by atoms with Gasteiger partial charge in [0.1, 0.15) is 5.75 Å². The van der Waals surface area contributed by atoms with Gasteiger partial charge in [-0.2, -0.15) is 0 Å². The van der Waals surface area contributed by atoms with Crippen molar-refractivity contribution in [2.45, 2.75) is 20.0 Å². The summed E-state index contributed by atoms with van der Waals surface area (Å²) in [5, 5.41) is 24.9. The smallest absolute Gasteiger partial charge is 0.163 e. The Balaban J connectivity index is 0.000000459. The molecule has 0 aliphatic carbocycles. The fraction of sp³-hybridized carbons (Fsp3) is 0.462. The summed E-state index contributed by atoms with van der Waals surface area (Å²) >= 11 is 4.46. The molecule has 0 aromatic heterocycles. The average molecular weight is 285 g/mol. The number of benzene rings is 1. The number of likely N-dealkylation sites (N-methyl/N-ethyl adjacent to an activating group) is 1. The first-order valence-electron chi connectivity index (χ1n) is 6.22. The average Bonchev–Trinajstić information content (AvgIpc) is 2.36.